The lowest BCUT2D eigenvalue weighted by molar-refractivity contribution is 0.0691. The van der Waals surface area contributed by atoms with Crippen LogP contribution in [0.2, 0.25) is 0 Å². The van der Waals surface area contributed by atoms with Crippen molar-refractivity contribution in [3.8, 4) is 22.8 Å². The Morgan fingerprint density at radius 3 is 2.67 bits per heavy atom. The molecule has 3 aromatic rings. The molecule has 180 valence electrons. The molecule has 0 unspecified atom stereocenters. The Bertz CT molecular complexity index is 1240. The summed E-state index contributed by atoms with van der Waals surface area (Å²) in [7, 11) is 6.06. The molecule has 0 saturated heterocycles. The molecule has 0 atom stereocenters. The number of aromatic amines is 1. The predicted octanol–water partition coefficient (Wildman–Crippen LogP) is 2.37. The van der Waals surface area contributed by atoms with Gasteiger partial charge in [-0.1, -0.05) is 0 Å². The third-order valence-electron chi connectivity index (χ3n) is 5.67. The van der Waals surface area contributed by atoms with Gasteiger partial charge < -0.3 is 34.7 Å². The minimum absolute atomic E-state index is 0. The van der Waals surface area contributed by atoms with Crippen LogP contribution in [0.25, 0.3) is 22.2 Å². The SMILES string of the molecule is CN(C)CCNCc1cc2cc3c(cc2n1C)OCCc1c-3[nH]c(=O)c(C(=O)O)c1O.Cl.Cl. The number of halogens is 2. The summed E-state index contributed by atoms with van der Waals surface area (Å²) in [5, 5.41) is 24.2. The molecule has 0 fully saturated rings. The lowest BCUT2D eigenvalue weighted by Crippen LogP contribution is -2.26. The molecule has 2 aromatic heterocycles. The summed E-state index contributed by atoms with van der Waals surface area (Å²) >= 11 is 0. The van der Waals surface area contributed by atoms with Gasteiger partial charge >= 0.3 is 5.97 Å². The fourth-order valence-corrected chi connectivity index (χ4v) is 3.99. The maximum atomic E-state index is 12.3. The number of aromatic hydroxyl groups is 1. The number of carbonyl (C=O) groups is 1. The third kappa shape index (κ3) is 4.96. The smallest absolute Gasteiger partial charge is 0.345 e. The van der Waals surface area contributed by atoms with Crippen molar-refractivity contribution in [2.75, 3.05) is 33.8 Å². The van der Waals surface area contributed by atoms with Crippen molar-refractivity contribution in [3.63, 3.8) is 0 Å². The van der Waals surface area contributed by atoms with Crippen LogP contribution in [0.15, 0.2) is 23.0 Å². The Morgan fingerprint density at radius 2 is 2.00 bits per heavy atom. The zero-order chi connectivity index (χ0) is 22.3. The van der Waals surface area contributed by atoms with Crippen LogP contribution in [0.1, 0.15) is 21.6 Å². The summed E-state index contributed by atoms with van der Waals surface area (Å²) in [4.78, 5) is 28.5. The highest BCUT2D eigenvalue weighted by Crippen LogP contribution is 2.40. The van der Waals surface area contributed by atoms with Gasteiger partial charge in [0, 0.05) is 61.4 Å². The Kier molecular flexibility index (Phi) is 8.42. The summed E-state index contributed by atoms with van der Waals surface area (Å²) in [6.45, 7) is 2.78. The number of aryl methyl sites for hydroxylation is 1. The Balaban J connectivity index is 0.00000193. The molecule has 0 radical (unpaired) electrons. The summed E-state index contributed by atoms with van der Waals surface area (Å²) in [5.74, 6) is -1.38. The minimum atomic E-state index is -1.46. The van der Waals surface area contributed by atoms with Crippen LogP contribution in [0.4, 0.5) is 0 Å². The first-order valence-electron chi connectivity index (χ1n) is 10.1. The summed E-state index contributed by atoms with van der Waals surface area (Å²) in [5.41, 5.74) is 2.01. The van der Waals surface area contributed by atoms with Gasteiger partial charge in [0.25, 0.3) is 5.56 Å². The van der Waals surface area contributed by atoms with Crippen LogP contribution < -0.4 is 15.6 Å². The molecule has 1 aliphatic heterocycles. The van der Waals surface area contributed by atoms with Crippen LogP contribution in [-0.4, -0.2) is 64.4 Å². The Labute approximate surface area is 203 Å². The average molecular weight is 499 g/mol. The highest BCUT2D eigenvalue weighted by molar-refractivity contribution is 5.94. The van der Waals surface area contributed by atoms with Gasteiger partial charge in [-0.2, -0.15) is 0 Å². The number of pyridine rings is 1. The summed E-state index contributed by atoms with van der Waals surface area (Å²) < 4.78 is 8.01. The zero-order valence-corrected chi connectivity index (χ0v) is 20.2. The molecule has 3 heterocycles. The zero-order valence-electron chi connectivity index (χ0n) is 18.6. The monoisotopic (exact) mass is 498 g/mol. The summed E-state index contributed by atoms with van der Waals surface area (Å²) in [6.07, 6.45) is 0.282. The fraction of sp³-hybridized carbons (Fsp3) is 0.364. The van der Waals surface area contributed by atoms with E-state index in [0.29, 0.717) is 29.1 Å². The molecular weight excluding hydrogens is 471 g/mol. The van der Waals surface area contributed by atoms with Gasteiger partial charge in [0.05, 0.1) is 17.8 Å². The number of fused-ring (bicyclic) bond motifs is 4. The van der Waals surface area contributed by atoms with Crippen LogP contribution in [0.3, 0.4) is 0 Å². The second-order valence-electron chi connectivity index (χ2n) is 8.02. The molecule has 0 spiro atoms. The first kappa shape index (κ1) is 26.5. The van der Waals surface area contributed by atoms with Crippen LogP contribution >= 0.6 is 24.8 Å². The number of carboxylic acid groups (broad SMARTS) is 1. The van der Waals surface area contributed by atoms with Gasteiger partial charge in [-0.05, 0) is 26.2 Å². The molecule has 9 nitrogen and oxygen atoms in total. The average Bonchev–Trinajstić information content (AvgIpc) is 2.88. The number of likely N-dealkylation sites (N-methyl/N-ethyl adjacent to an activating group) is 1. The number of H-pyrrole nitrogens is 1. The second kappa shape index (κ2) is 10.5. The first-order valence-corrected chi connectivity index (χ1v) is 10.1. The predicted molar refractivity (Wildman–Crippen MR) is 132 cm³/mol. The van der Waals surface area contributed by atoms with Crippen LogP contribution in [0.5, 0.6) is 11.5 Å². The van der Waals surface area contributed by atoms with E-state index in [1.807, 2.05) is 33.3 Å². The molecule has 4 N–H and O–H groups in total. The number of carboxylic acids is 1. The number of aromatic carboxylic acids is 1. The van der Waals surface area contributed by atoms with Gasteiger partial charge in [-0.25, -0.2) is 4.79 Å². The van der Waals surface area contributed by atoms with Crippen LogP contribution in [-0.2, 0) is 20.0 Å². The van der Waals surface area contributed by atoms with E-state index >= 15 is 0 Å². The van der Waals surface area contributed by atoms with Gasteiger partial charge in [0.1, 0.15) is 11.5 Å². The standard InChI is InChI=1S/C22H26N4O5.2ClH/c1-25(2)6-5-23-11-13-8-12-9-15-17(10-16(12)26(13)3)31-7-4-14-19(15)24-21(28)18(20(14)27)22(29)30;;/h8-10,23H,4-7,11H2,1-3H3,(H,29,30)(H2,24,27,28);2*1H. The minimum Gasteiger partial charge on any atom is -0.506 e. The molecule has 1 aromatic carbocycles. The van der Waals surface area contributed by atoms with Crippen molar-refractivity contribution in [1.29, 1.82) is 0 Å². The lowest BCUT2D eigenvalue weighted by Gasteiger charge is -2.12. The van der Waals surface area contributed by atoms with E-state index in [9.17, 15) is 19.8 Å². The highest BCUT2D eigenvalue weighted by atomic mass is 35.5. The molecular formula is C22H28Cl2N4O5. The Hall–Kier alpha value is -2.72. The van der Waals surface area contributed by atoms with Gasteiger partial charge in [-0.3, -0.25) is 4.79 Å². The fourth-order valence-electron chi connectivity index (χ4n) is 3.99. The van der Waals surface area contributed by atoms with E-state index in [4.69, 9.17) is 4.74 Å². The highest BCUT2D eigenvalue weighted by Gasteiger charge is 2.26. The lowest BCUT2D eigenvalue weighted by atomic mass is 9.99. The molecule has 0 amide bonds. The molecule has 0 saturated carbocycles. The number of hydrogen-bond acceptors (Lipinski definition) is 6. The van der Waals surface area contributed by atoms with Crippen molar-refractivity contribution in [2.45, 2.75) is 13.0 Å². The quantitative estimate of drug-likeness (QED) is 0.385. The first-order chi connectivity index (χ1) is 14.8. The van der Waals surface area contributed by atoms with E-state index in [1.54, 1.807) is 0 Å². The van der Waals surface area contributed by atoms with Crippen LogP contribution in [0, 0.1) is 0 Å². The number of aromatic nitrogens is 2. The van der Waals surface area contributed by atoms with E-state index < -0.39 is 22.8 Å². The number of nitrogens with zero attached hydrogens (tertiary/aromatic N) is 2. The number of hydrogen-bond donors (Lipinski definition) is 4. The number of ether oxygens (including phenoxy) is 1. The molecule has 4 rings (SSSR count). The molecule has 33 heavy (non-hydrogen) atoms. The maximum Gasteiger partial charge on any atom is 0.345 e. The third-order valence-corrected chi connectivity index (χ3v) is 5.67. The van der Waals surface area contributed by atoms with Crippen molar-refractivity contribution in [2.24, 2.45) is 7.05 Å². The number of nitrogens with one attached hydrogen (secondary N) is 2. The van der Waals surface area contributed by atoms with Crippen molar-refractivity contribution < 1.29 is 19.7 Å². The normalized spacial score (nSPS) is 12.2. The topological polar surface area (TPSA) is 120 Å². The summed E-state index contributed by atoms with van der Waals surface area (Å²) in [6, 6.07) is 5.91. The Morgan fingerprint density at radius 1 is 1.27 bits per heavy atom. The second-order valence-corrected chi connectivity index (χ2v) is 8.02. The molecule has 0 bridgehead atoms. The van der Waals surface area contributed by atoms with Gasteiger partial charge in [0.15, 0.2) is 5.56 Å². The largest absolute Gasteiger partial charge is 0.506 e. The number of rotatable bonds is 6. The molecule has 0 aliphatic carbocycles. The van der Waals surface area contributed by atoms with Crippen molar-refractivity contribution >= 4 is 41.7 Å². The van der Waals surface area contributed by atoms with Gasteiger partial charge in [-0.15, -0.1) is 24.8 Å². The maximum absolute atomic E-state index is 12.3. The number of benzene rings is 1. The van der Waals surface area contributed by atoms with E-state index in [0.717, 1.165) is 29.7 Å². The van der Waals surface area contributed by atoms with E-state index in [1.165, 1.54) is 0 Å². The van der Waals surface area contributed by atoms with E-state index in [2.05, 4.69) is 25.8 Å². The van der Waals surface area contributed by atoms with E-state index in [-0.39, 0.29) is 37.8 Å². The van der Waals surface area contributed by atoms with Crippen molar-refractivity contribution in [3.05, 3.63) is 45.4 Å². The van der Waals surface area contributed by atoms with Gasteiger partial charge in [0.2, 0.25) is 0 Å². The van der Waals surface area contributed by atoms with Crippen molar-refractivity contribution in [1.82, 2.24) is 19.8 Å². The molecule has 1 aliphatic rings. The molecule has 11 heteroatoms.